The molecule has 2 aliphatic rings. The van der Waals surface area contributed by atoms with Crippen LogP contribution in [0, 0.1) is 0 Å². The Kier molecular flexibility index (Phi) is 3.78. The number of amides is 4. The summed E-state index contributed by atoms with van der Waals surface area (Å²) in [5.74, 6) is -0.599. The van der Waals surface area contributed by atoms with Gasteiger partial charge in [0.1, 0.15) is 6.04 Å². The van der Waals surface area contributed by atoms with Crippen molar-refractivity contribution in [2.45, 2.75) is 24.9 Å². The molecule has 3 N–H and O–H groups in total. The monoisotopic (exact) mass is 308 g/mol. The lowest BCUT2D eigenvalue weighted by molar-refractivity contribution is -0.129. The highest BCUT2D eigenvalue weighted by atomic mass is 32.3. The highest BCUT2D eigenvalue weighted by molar-refractivity contribution is 7.80. The van der Waals surface area contributed by atoms with E-state index >= 15 is 0 Å². The molecule has 0 unspecified atom stereocenters. The maximum absolute atomic E-state index is 11.9. The molecule has 0 aromatic carbocycles. The molecule has 0 aliphatic carbocycles. The molecule has 4 amide bonds. The van der Waals surface area contributed by atoms with Crippen LogP contribution < -0.4 is 10.9 Å². The van der Waals surface area contributed by atoms with E-state index in [4.69, 9.17) is 4.55 Å². The van der Waals surface area contributed by atoms with Crippen molar-refractivity contribution < 1.29 is 31.6 Å². The van der Waals surface area contributed by atoms with Gasteiger partial charge in [0.25, 0.3) is 5.91 Å². The Hall–Kier alpha value is -1.92. The lowest BCUT2D eigenvalue weighted by Gasteiger charge is -2.28. The number of fused-ring (bicyclic) bond motifs is 2. The number of nitrogens with zero attached hydrogens (tertiary/aromatic N) is 2. The Balaban J connectivity index is 2.09. The van der Waals surface area contributed by atoms with Crippen LogP contribution in [-0.2, 0) is 24.3 Å². The maximum atomic E-state index is 11.9. The highest BCUT2D eigenvalue weighted by Crippen LogP contribution is 2.30. The van der Waals surface area contributed by atoms with E-state index in [0.717, 1.165) is 4.90 Å². The van der Waals surface area contributed by atoms with Crippen molar-refractivity contribution >= 4 is 28.7 Å². The van der Waals surface area contributed by atoms with E-state index in [2.05, 4.69) is 9.71 Å². The summed E-state index contributed by atoms with van der Waals surface area (Å²) in [6.07, 6.45) is 0.855. The van der Waals surface area contributed by atoms with E-state index in [1.54, 1.807) is 0 Å². The third kappa shape index (κ3) is 2.81. The minimum Gasteiger partial charge on any atom is -0.309 e. The molecular formula is C8H12N4O7S. The molecule has 12 heteroatoms. The zero-order valence-corrected chi connectivity index (χ0v) is 10.9. The minimum atomic E-state index is -4.81. The quantitative estimate of drug-likeness (QED) is 0.296. The normalized spacial score (nSPS) is 25.6. The first kappa shape index (κ1) is 14.5. The Morgan fingerprint density at radius 3 is 2.75 bits per heavy atom. The molecule has 2 bridgehead atoms. The van der Waals surface area contributed by atoms with Crippen molar-refractivity contribution in [3.63, 3.8) is 0 Å². The minimum absolute atomic E-state index is 0.0908. The topological polar surface area (TPSA) is 145 Å². The number of nitrogens with one attached hydrogen (secondary N) is 2. The lowest BCUT2D eigenvalue weighted by Crippen LogP contribution is -2.52. The van der Waals surface area contributed by atoms with E-state index in [-0.39, 0.29) is 19.4 Å². The predicted octanol–water partition coefficient (Wildman–Crippen LogP) is -2.23. The number of hydrazine groups is 1. The van der Waals surface area contributed by atoms with Crippen LogP contribution in [0.3, 0.4) is 0 Å². The maximum Gasteiger partial charge on any atom is 0.418 e. The largest absolute Gasteiger partial charge is 0.418 e. The number of urea groups is 1. The summed E-state index contributed by atoms with van der Waals surface area (Å²) >= 11 is 0. The van der Waals surface area contributed by atoms with Crippen LogP contribution in [0.5, 0.6) is 0 Å². The second kappa shape index (κ2) is 5.22. The summed E-state index contributed by atoms with van der Waals surface area (Å²) in [4.78, 5) is 34.9. The molecule has 2 saturated heterocycles. The summed E-state index contributed by atoms with van der Waals surface area (Å²) in [6, 6.07) is -2.25. The Labute approximate surface area is 113 Å². The van der Waals surface area contributed by atoms with E-state index < -0.39 is 34.4 Å². The molecule has 2 fully saturated rings. The number of hydrogen-bond donors (Lipinski definition) is 3. The summed E-state index contributed by atoms with van der Waals surface area (Å²) in [5.41, 5.74) is 4.06. The SMILES string of the molecule is O=CNNC(=O)[C@@H]1CC[C@@H]2CN1C(=O)N2OS(=O)(=O)O. The fourth-order valence-corrected chi connectivity index (χ4v) is 2.68. The molecule has 0 aromatic heterocycles. The van der Waals surface area contributed by atoms with Gasteiger partial charge in [0.2, 0.25) is 6.41 Å². The number of carbonyl (C=O) groups is 3. The summed E-state index contributed by atoms with van der Waals surface area (Å²) < 4.78 is 34.2. The molecule has 0 spiro atoms. The fourth-order valence-electron chi connectivity index (χ4n) is 2.29. The second-order valence-electron chi connectivity index (χ2n) is 4.26. The van der Waals surface area contributed by atoms with Crippen LogP contribution >= 0.6 is 0 Å². The van der Waals surface area contributed by atoms with Crippen LogP contribution in [0.2, 0.25) is 0 Å². The standard InChI is InChI=1S/C8H12N4O7S/c13-4-9-10-7(14)6-2-1-5-3-11(6)8(15)12(5)19-20(16,17)18/h4-6H,1-3H2,(H,9,13)(H,10,14)(H,16,17,18)/t5-,6+/m1/s1. The lowest BCUT2D eigenvalue weighted by atomic mass is 10.0. The molecular weight excluding hydrogens is 296 g/mol. The third-order valence-electron chi connectivity index (χ3n) is 3.05. The smallest absolute Gasteiger partial charge is 0.309 e. The summed E-state index contributed by atoms with van der Waals surface area (Å²) in [5, 5.41) is 0.537. The Morgan fingerprint density at radius 1 is 1.45 bits per heavy atom. The molecule has 11 nitrogen and oxygen atoms in total. The summed E-state index contributed by atoms with van der Waals surface area (Å²) in [6.45, 7) is 0.0908. The van der Waals surface area contributed by atoms with E-state index in [0.29, 0.717) is 11.5 Å². The highest BCUT2D eigenvalue weighted by Gasteiger charge is 2.49. The second-order valence-corrected chi connectivity index (χ2v) is 5.27. The molecule has 20 heavy (non-hydrogen) atoms. The number of piperidine rings is 1. The Bertz CT molecular complexity index is 535. The van der Waals surface area contributed by atoms with Gasteiger partial charge in [-0.25, -0.2) is 4.79 Å². The van der Waals surface area contributed by atoms with Gasteiger partial charge in [-0.15, -0.1) is 4.28 Å². The van der Waals surface area contributed by atoms with Gasteiger partial charge >= 0.3 is 16.4 Å². The molecule has 0 saturated carbocycles. The first-order valence-electron chi connectivity index (χ1n) is 5.59. The van der Waals surface area contributed by atoms with Gasteiger partial charge in [-0.3, -0.25) is 25.0 Å². The first-order chi connectivity index (χ1) is 9.33. The van der Waals surface area contributed by atoms with Crippen LogP contribution in [0.4, 0.5) is 4.79 Å². The summed E-state index contributed by atoms with van der Waals surface area (Å²) in [7, 11) is -4.81. The van der Waals surface area contributed by atoms with Crippen LogP contribution in [0.15, 0.2) is 0 Å². The average Bonchev–Trinajstić information content (AvgIpc) is 2.60. The van der Waals surface area contributed by atoms with Gasteiger partial charge in [-0.2, -0.15) is 13.5 Å². The third-order valence-corrected chi connectivity index (χ3v) is 3.40. The molecule has 2 heterocycles. The molecule has 2 atom stereocenters. The number of hydrogen-bond acceptors (Lipinski definition) is 6. The predicted molar refractivity (Wildman–Crippen MR) is 60.7 cm³/mol. The van der Waals surface area contributed by atoms with Crippen LogP contribution in [-0.4, -0.2) is 59.9 Å². The zero-order chi connectivity index (χ0) is 14.9. The number of carbonyl (C=O) groups excluding carboxylic acids is 3. The fraction of sp³-hybridized carbons (Fsp3) is 0.625. The average molecular weight is 308 g/mol. The molecule has 0 aromatic rings. The van der Waals surface area contributed by atoms with Gasteiger partial charge in [0.15, 0.2) is 0 Å². The van der Waals surface area contributed by atoms with Crippen molar-refractivity contribution in [2.75, 3.05) is 6.54 Å². The van der Waals surface area contributed by atoms with Gasteiger partial charge in [-0.05, 0) is 12.8 Å². The van der Waals surface area contributed by atoms with Gasteiger partial charge in [0, 0.05) is 6.54 Å². The van der Waals surface area contributed by atoms with Crippen LogP contribution in [0.25, 0.3) is 0 Å². The van der Waals surface area contributed by atoms with Crippen molar-refractivity contribution in [3.05, 3.63) is 0 Å². The van der Waals surface area contributed by atoms with Crippen molar-refractivity contribution in [1.29, 1.82) is 0 Å². The zero-order valence-electron chi connectivity index (χ0n) is 10.1. The molecule has 112 valence electrons. The Morgan fingerprint density at radius 2 is 2.15 bits per heavy atom. The van der Waals surface area contributed by atoms with Gasteiger partial charge in [-0.1, -0.05) is 0 Å². The van der Waals surface area contributed by atoms with Crippen molar-refractivity contribution in [1.82, 2.24) is 20.8 Å². The number of rotatable bonds is 5. The number of hydroxylamine groups is 2. The molecule has 2 rings (SSSR count). The van der Waals surface area contributed by atoms with Crippen molar-refractivity contribution in [3.8, 4) is 0 Å². The van der Waals surface area contributed by atoms with Crippen molar-refractivity contribution in [2.24, 2.45) is 0 Å². The first-order valence-corrected chi connectivity index (χ1v) is 6.96. The van der Waals surface area contributed by atoms with E-state index in [1.165, 1.54) is 0 Å². The van der Waals surface area contributed by atoms with E-state index in [9.17, 15) is 22.8 Å². The molecule has 2 aliphatic heterocycles. The molecule has 0 radical (unpaired) electrons. The van der Waals surface area contributed by atoms with Gasteiger partial charge in [0.05, 0.1) is 6.04 Å². The van der Waals surface area contributed by atoms with Crippen LogP contribution in [0.1, 0.15) is 12.8 Å². The van der Waals surface area contributed by atoms with Gasteiger partial charge < -0.3 is 4.90 Å². The van der Waals surface area contributed by atoms with E-state index in [1.807, 2.05) is 5.43 Å².